The zero-order valence-electron chi connectivity index (χ0n) is 9.15. The van der Waals surface area contributed by atoms with Crippen molar-refractivity contribution in [2.45, 2.75) is 24.4 Å². The van der Waals surface area contributed by atoms with Crippen molar-refractivity contribution in [2.24, 2.45) is 0 Å². The summed E-state index contributed by atoms with van der Waals surface area (Å²) in [6.07, 6.45) is 3.12. The van der Waals surface area contributed by atoms with Crippen molar-refractivity contribution in [2.75, 3.05) is 12.4 Å². The smallest absolute Gasteiger partial charge is 0.166 e. The van der Waals surface area contributed by atoms with Crippen molar-refractivity contribution in [3.8, 4) is 0 Å². The highest BCUT2D eigenvalue weighted by Gasteiger charge is 2.01. The third kappa shape index (κ3) is 3.00. The average molecular weight is 236 g/mol. The molecule has 0 aliphatic rings. The van der Waals surface area contributed by atoms with Crippen LogP contribution in [0.5, 0.6) is 0 Å². The van der Waals surface area contributed by atoms with Gasteiger partial charge in [-0.05, 0) is 25.0 Å². The Balaban J connectivity index is 1.85. The molecular weight excluding hydrogens is 220 g/mol. The molecule has 2 aromatic rings. The number of nitrogens with zero attached hydrogens (tertiary/aromatic N) is 1. The maximum absolute atomic E-state index is 8.65. The predicted molar refractivity (Wildman–Crippen MR) is 67.8 cm³/mol. The molecule has 1 aromatic heterocycles. The summed E-state index contributed by atoms with van der Waals surface area (Å²) < 4.78 is 0. The lowest BCUT2D eigenvalue weighted by atomic mass is 10.3. The van der Waals surface area contributed by atoms with Gasteiger partial charge in [0.15, 0.2) is 5.16 Å². The largest absolute Gasteiger partial charge is 0.396 e. The van der Waals surface area contributed by atoms with E-state index in [0.29, 0.717) is 6.61 Å². The fourth-order valence-corrected chi connectivity index (χ4v) is 2.44. The summed E-state index contributed by atoms with van der Waals surface area (Å²) in [6.45, 7) is 0.301. The minimum absolute atomic E-state index is 0.301. The minimum atomic E-state index is 0.301. The van der Waals surface area contributed by atoms with Crippen molar-refractivity contribution in [3.63, 3.8) is 0 Å². The lowest BCUT2D eigenvalue weighted by Gasteiger charge is -1.96. The number of unbranched alkanes of at least 4 members (excludes halogenated alkanes) is 2. The molecule has 0 spiro atoms. The lowest BCUT2D eigenvalue weighted by molar-refractivity contribution is 0.284. The third-order valence-electron chi connectivity index (χ3n) is 2.41. The lowest BCUT2D eigenvalue weighted by Crippen LogP contribution is -1.85. The van der Waals surface area contributed by atoms with Gasteiger partial charge in [-0.3, -0.25) is 0 Å². The van der Waals surface area contributed by atoms with Crippen LogP contribution in [0.25, 0.3) is 11.0 Å². The Morgan fingerprint density at radius 1 is 1.19 bits per heavy atom. The standard InChI is InChI=1S/C12H16N2OS/c15-8-4-1-5-9-16-12-13-10-6-2-3-7-11(10)14-12/h2-3,6-7,15H,1,4-5,8-9H2,(H,13,14). The zero-order chi connectivity index (χ0) is 11.2. The molecule has 2 rings (SSSR count). The number of aliphatic hydroxyl groups excluding tert-OH is 1. The molecule has 0 atom stereocenters. The second kappa shape index (κ2) is 5.92. The van der Waals surface area contributed by atoms with Crippen molar-refractivity contribution in [3.05, 3.63) is 24.3 Å². The first-order chi connectivity index (χ1) is 7.90. The number of aromatic nitrogens is 2. The monoisotopic (exact) mass is 236 g/mol. The number of hydrogen-bond donors (Lipinski definition) is 2. The number of thioether (sulfide) groups is 1. The van der Waals surface area contributed by atoms with E-state index in [1.54, 1.807) is 11.8 Å². The van der Waals surface area contributed by atoms with Crippen LogP contribution < -0.4 is 0 Å². The van der Waals surface area contributed by atoms with Gasteiger partial charge in [0.25, 0.3) is 0 Å². The fraction of sp³-hybridized carbons (Fsp3) is 0.417. The van der Waals surface area contributed by atoms with E-state index < -0.39 is 0 Å². The van der Waals surface area contributed by atoms with Crippen LogP contribution in [0.15, 0.2) is 29.4 Å². The normalized spacial score (nSPS) is 11.1. The molecule has 0 unspecified atom stereocenters. The summed E-state index contributed by atoms with van der Waals surface area (Å²) in [5.74, 6) is 1.06. The Labute approximate surface area is 99.3 Å². The fourth-order valence-electron chi connectivity index (χ4n) is 1.56. The molecule has 0 aliphatic heterocycles. The van der Waals surface area contributed by atoms with E-state index in [0.717, 1.165) is 41.2 Å². The number of H-pyrrole nitrogens is 1. The number of fused-ring (bicyclic) bond motifs is 1. The summed E-state index contributed by atoms with van der Waals surface area (Å²) in [5, 5.41) is 9.64. The van der Waals surface area contributed by atoms with Gasteiger partial charge in [0.2, 0.25) is 0 Å². The van der Waals surface area contributed by atoms with Crippen molar-refractivity contribution in [1.29, 1.82) is 0 Å². The molecule has 0 saturated carbocycles. The van der Waals surface area contributed by atoms with Crippen LogP contribution in [0.2, 0.25) is 0 Å². The molecule has 86 valence electrons. The van der Waals surface area contributed by atoms with Gasteiger partial charge in [-0.15, -0.1) is 0 Å². The van der Waals surface area contributed by atoms with Gasteiger partial charge < -0.3 is 10.1 Å². The van der Waals surface area contributed by atoms with Crippen LogP contribution in [0.1, 0.15) is 19.3 Å². The highest BCUT2D eigenvalue weighted by molar-refractivity contribution is 7.99. The first-order valence-corrected chi connectivity index (χ1v) is 6.57. The van der Waals surface area contributed by atoms with E-state index in [1.165, 1.54) is 0 Å². The van der Waals surface area contributed by atoms with Gasteiger partial charge in [0, 0.05) is 12.4 Å². The number of rotatable bonds is 6. The second-order valence-corrected chi connectivity index (χ2v) is 4.78. The first-order valence-electron chi connectivity index (χ1n) is 5.58. The zero-order valence-corrected chi connectivity index (χ0v) is 9.96. The minimum Gasteiger partial charge on any atom is -0.396 e. The number of para-hydroxylation sites is 2. The van der Waals surface area contributed by atoms with Crippen LogP contribution in [-0.2, 0) is 0 Å². The van der Waals surface area contributed by atoms with E-state index >= 15 is 0 Å². The number of hydrogen-bond acceptors (Lipinski definition) is 3. The SMILES string of the molecule is OCCCCCSc1nc2ccccc2[nH]1. The number of nitrogens with one attached hydrogen (secondary N) is 1. The van der Waals surface area contributed by atoms with Gasteiger partial charge in [0.1, 0.15) is 0 Å². The summed E-state index contributed by atoms with van der Waals surface area (Å²) in [4.78, 5) is 7.78. The average Bonchev–Trinajstić information content (AvgIpc) is 2.71. The molecule has 0 radical (unpaired) electrons. The Morgan fingerprint density at radius 3 is 2.88 bits per heavy atom. The van der Waals surface area contributed by atoms with Crippen molar-refractivity contribution >= 4 is 22.8 Å². The Kier molecular flexibility index (Phi) is 4.25. The molecule has 0 amide bonds. The summed E-state index contributed by atoms with van der Waals surface area (Å²) in [5.41, 5.74) is 2.13. The van der Waals surface area contributed by atoms with Crippen LogP contribution in [0, 0.1) is 0 Å². The Bertz CT molecular complexity index is 408. The Hall–Kier alpha value is -1.00. The molecule has 1 heterocycles. The molecule has 16 heavy (non-hydrogen) atoms. The molecule has 2 N–H and O–H groups in total. The number of aromatic amines is 1. The van der Waals surface area contributed by atoms with E-state index in [-0.39, 0.29) is 0 Å². The van der Waals surface area contributed by atoms with E-state index in [9.17, 15) is 0 Å². The van der Waals surface area contributed by atoms with Crippen molar-refractivity contribution in [1.82, 2.24) is 9.97 Å². The molecular formula is C12H16N2OS. The van der Waals surface area contributed by atoms with E-state index in [2.05, 4.69) is 9.97 Å². The molecule has 3 nitrogen and oxygen atoms in total. The summed E-state index contributed by atoms with van der Waals surface area (Å²) in [6, 6.07) is 8.06. The second-order valence-electron chi connectivity index (χ2n) is 3.69. The Morgan fingerprint density at radius 2 is 2.06 bits per heavy atom. The maximum atomic E-state index is 8.65. The quantitative estimate of drug-likeness (QED) is 0.599. The number of benzene rings is 1. The van der Waals surface area contributed by atoms with Gasteiger partial charge >= 0.3 is 0 Å². The molecule has 0 aliphatic carbocycles. The first kappa shape index (κ1) is 11.5. The molecule has 0 fully saturated rings. The molecule has 0 bridgehead atoms. The number of imidazole rings is 1. The molecule has 4 heteroatoms. The van der Waals surface area contributed by atoms with Crippen LogP contribution in [-0.4, -0.2) is 27.4 Å². The topological polar surface area (TPSA) is 48.9 Å². The van der Waals surface area contributed by atoms with Crippen LogP contribution >= 0.6 is 11.8 Å². The van der Waals surface area contributed by atoms with Gasteiger partial charge in [-0.1, -0.05) is 30.3 Å². The summed E-state index contributed by atoms with van der Waals surface area (Å²) >= 11 is 1.75. The van der Waals surface area contributed by atoms with E-state index in [4.69, 9.17) is 5.11 Å². The van der Waals surface area contributed by atoms with Gasteiger partial charge in [-0.25, -0.2) is 4.98 Å². The highest BCUT2D eigenvalue weighted by atomic mass is 32.2. The molecule has 1 aromatic carbocycles. The predicted octanol–water partition coefficient (Wildman–Crippen LogP) is 2.82. The van der Waals surface area contributed by atoms with Gasteiger partial charge in [-0.2, -0.15) is 0 Å². The third-order valence-corrected chi connectivity index (χ3v) is 3.37. The molecule has 0 saturated heterocycles. The maximum Gasteiger partial charge on any atom is 0.166 e. The summed E-state index contributed by atoms with van der Waals surface area (Å²) in [7, 11) is 0. The number of aliphatic hydroxyl groups is 1. The van der Waals surface area contributed by atoms with E-state index in [1.807, 2.05) is 24.3 Å². The van der Waals surface area contributed by atoms with Crippen LogP contribution in [0.3, 0.4) is 0 Å². The highest BCUT2D eigenvalue weighted by Crippen LogP contribution is 2.20. The van der Waals surface area contributed by atoms with Crippen LogP contribution in [0.4, 0.5) is 0 Å². The van der Waals surface area contributed by atoms with Crippen molar-refractivity contribution < 1.29 is 5.11 Å². The van der Waals surface area contributed by atoms with Gasteiger partial charge in [0.05, 0.1) is 11.0 Å².